The molecule has 1 rings (SSSR count). The molecule has 0 N–H and O–H groups in total. The van der Waals surface area contributed by atoms with Gasteiger partial charge in [0.25, 0.3) is 0 Å². The molecule has 0 saturated carbocycles. The summed E-state index contributed by atoms with van der Waals surface area (Å²) in [5.74, 6) is -1.92. The summed E-state index contributed by atoms with van der Waals surface area (Å²) in [5, 5.41) is 0. The molecule has 0 heterocycles. The Balaban J connectivity index is 2.75. The molecule has 100 valence electrons. The van der Waals surface area contributed by atoms with Crippen LogP contribution in [0.15, 0.2) is 30.3 Å². The molecule has 0 aliphatic carbocycles. The Labute approximate surface area is 108 Å². The van der Waals surface area contributed by atoms with Gasteiger partial charge in [-0.15, -0.1) is 11.6 Å². The van der Waals surface area contributed by atoms with E-state index in [9.17, 15) is 18.0 Å². The molecule has 1 amide bonds. The average Bonchev–Trinajstić information content (AvgIpc) is 2.34. The molecule has 0 spiro atoms. The number of carbonyl (C=O) groups excluding carboxylic acids is 1. The Morgan fingerprint density at radius 3 is 2.33 bits per heavy atom. The second-order valence-electron chi connectivity index (χ2n) is 3.91. The maximum absolute atomic E-state index is 12.3. The molecule has 0 aromatic heterocycles. The van der Waals surface area contributed by atoms with Gasteiger partial charge in [-0.25, -0.2) is 0 Å². The summed E-state index contributed by atoms with van der Waals surface area (Å²) in [6.45, 7) is 0. The van der Waals surface area contributed by atoms with Gasteiger partial charge in [-0.1, -0.05) is 30.3 Å². The number of rotatable bonds is 4. The smallest absolute Gasteiger partial charge is 0.333 e. The molecule has 0 fully saturated rings. The lowest BCUT2D eigenvalue weighted by Gasteiger charge is -2.27. The molecular weight excluding hydrogens is 267 g/mol. The van der Waals surface area contributed by atoms with E-state index in [-0.39, 0.29) is 5.88 Å². The van der Waals surface area contributed by atoms with Gasteiger partial charge in [0.15, 0.2) is 0 Å². The van der Waals surface area contributed by atoms with Crippen molar-refractivity contribution in [3.63, 3.8) is 0 Å². The summed E-state index contributed by atoms with van der Waals surface area (Å²) in [6, 6.07) is 8.27. The second kappa shape index (κ2) is 6.09. The molecule has 1 unspecified atom stereocenters. The highest BCUT2D eigenvalue weighted by Gasteiger charge is 2.42. The van der Waals surface area contributed by atoms with E-state index in [1.54, 1.807) is 24.3 Å². The minimum Gasteiger partial charge on any atom is -0.333 e. The Bertz CT molecular complexity index is 394. The molecule has 18 heavy (non-hydrogen) atoms. The third-order valence-corrected chi connectivity index (χ3v) is 2.96. The predicted octanol–water partition coefficient (Wildman–Crippen LogP) is 2.86. The molecule has 0 aliphatic rings. The van der Waals surface area contributed by atoms with Crippen LogP contribution in [-0.4, -0.2) is 36.0 Å². The third kappa shape index (κ3) is 3.91. The number of likely N-dealkylation sites (N-methyl/N-ethyl adjacent to an activating group) is 1. The fourth-order valence-electron chi connectivity index (χ4n) is 1.55. The first kappa shape index (κ1) is 14.8. The summed E-state index contributed by atoms with van der Waals surface area (Å²) in [5.41, 5.74) is 0.838. The predicted molar refractivity (Wildman–Crippen MR) is 63.5 cm³/mol. The third-order valence-electron chi connectivity index (χ3n) is 2.60. The molecule has 1 atom stereocenters. The van der Waals surface area contributed by atoms with Crippen molar-refractivity contribution in [3.8, 4) is 0 Å². The van der Waals surface area contributed by atoms with Crippen LogP contribution in [-0.2, 0) is 11.2 Å². The maximum Gasteiger partial charge on any atom is 0.471 e. The fraction of sp³-hybridized carbons (Fsp3) is 0.417. The van der Waals surface area contributed by atoms with Crippen LogP contribution in [0.2, 0.25) is 0 Å². The van der Waals surface area contributed by atoms with E-state index >= 15 is 0 Å². The average molecular weight is 280 g/mol. The quantitative estimate of drug-likeness (QED) is 0.776. The molecule has 2 nitrogen and oxygen atoms in total. The Kier molecular flexibility index (Phi) is 5.02. The van der Waals surface area contributed by atoms with Crippen molar-refractivity contribution in [1.82, 2.24) is 4.90 Å². The van der Waals surface area contributed by atoms with Gasteiger partial charge in [0, 0.05) is 19.0 Å². The van der Waals surface area contributed by atoms with Gasteiger partial charge in [0.05, 0.1) is 0 Å². The minimum atomic E-state index is -4.87. The van der Waals surface area contributed by atoms with Gasteiger partial charge in [0.1, 0.15) is 0 Å². The molecule has 0 bridgehead atoms. The molecular formula is C12H13ClF3NO. The zero-order valence-corrected chi connectivity index (χ0v) is 10.5. The molecule has 0 saturated heterocycles. The van der Waals surface area contributed by atoms with Gasteiger partial charge < -0.3 is 4.90 Å². The lowest BCUT2D eigenvalue weighted by atomic mass is 10.1. The van der Waals surface area contributed by atoms with Crippen LogP contribution < -0.4 is 0 Å². The Morgan fingerprint density at radius 1 is 1.33 bits per heavy atom. The first-order valence-electron chi connectivity index (χ1n) is 5.30. The number of amides is 1. The van der Waals surface area contributed by atoms with E-state index in [2.05, 4.69) is 0 Å². The van der Waals surface area contributed by atoms with Crippen molar-refractivity contribution in [2.75, 3.05) is 12.9 Å². The minimum absolute atomic E-state index is 0.0484. The molecule has 0 radical (unpaired) electrons. The summed E-state index contributed by atoms with van der Waals surface area (Å²) in [4.78, 5) is 11.8. The number of hydrogen-bond donors (Lipinski definition) is 0. The Morgan fingerprint density at radius 2 is 1.89 bits per heavy atom. The van der Waals surface area contributed by atoms with Gasteiger partial charge in [-0.05, 0) is 12.0 Å². The van der Waals surface area contributed by atoms with E-state index in [1.165, 1.54) is 0 Å². The van der Waals surface area contributed by atoms with Crippen molar-refractivity contribution in [2.45, 2.75) is 18.6 Å². The van der Waals surface area contributed by atoms with Crippen LogP contribution in [0.25, 0.3) is 0 Å². The molecule has 1 aromatic carbocycles. The number of alkyl halides is 4. The van der Waals surface area contributed by atoms with E-state index in [4.69, 9.17) is 11.6 Å². The van der Waals surface area contributed by atoms with E-state index in [1.807, 2.05) is 6.07 Å². The van der Waals surface area contributed by atoms with Crippen LogP contribution in [0, 0.1) is 0 Å². The first-order chi connectivity index (χ1) is 8.36. The number of halogens is 4. The molecule has 6 heteroatoms. The number of carbonyl (C=O) groups is 1. The summed E-state index contributed by atoms with van der Waals surface area (Å²) < 4.78 is 36.9. The molecule has 1 aromatic rings. The normalized spacial score (nSPS) is 13.2. The van der Waals surface area contributed by atoms with Gasteiger partial charge >= 0.3 is 12.1 Å². The largest absolute Gasteiger partial charge is 0.471 e. The van der Waals surface area contributed by atoms with Crippen molar-refractivity contribution >= 4 is 17.5 Å². The fourth-order valence-corrected chi connectivity index (χ4v) is 1.86. The second-order valence-corrected chi connectivity index (χ2v) is 4.22. The van der Waals surface area contributed by atoms with Crippen LogP contribution in [0.1, 0.15) is 5.56 Å². The monoisotopic (exact) mass is 279 g/mol. The van der Waals surface area contributed by atoms with Gasteiger partial charge in [0.2, 0.25) is 0 Å². The van der Waals surface area contributed by atoms with Crippen LogP contribution in [0.3, 0.4) is 0 Å². The van der Waals surface area contributed by atoms with E-state index < -0.39 is 18.1 Å². The zero-order valence-electron chi connectivity index (χ0n) is 9.75. The van der Waals surface area contributed by atoms with Crippen LogP contribution in [0.5, 0.6) is 0 Å². The number of benzene rings is 1. The van der Waals surface area contributed by atoms with Crippen LogP contribution >= 0.6 is 11.6 Å². The summed E-state index contributed by atoms with van der Waals surface area (Å²) >= 11 is 5.65. The van der Waals surface area contributed by atoms with Crippen molar-refractivity contribution in [2.24, 2.45) is 0 Å². The van der Waals surface area contributed by atoms with Gasteiger partial charge in [-0.2, -0.15) is 13.2 Å². The van der Waals surface area contributed by atoms with Crippen molar-refractivity contribution in [1.29, 1.82) is 0 Å². The van der Waals surface area contributed by atoms with Crippen molar-refractivity contribution < 1.29 is 18.0 Å². The summed E-state index contributed by atoms with van der Waals surface area (Å²) in [6.07, 6.45) is -4.57. The van der Waals surface area contributed by atoms with Crippen molar-refractivity contribution in [3.05, 3.63) is 35.9 Å². The SMILES string of the molecule is CN(C(=O)C(F)(F)F)C(CCl)Cc1ccccc1. The van der Waals surface area contributed by atoms with Crippen LogP contribution in [0.4, 0.5) is 13.2 Å². The Hall–Kier alpha value is -1.23. The zero-order chi connectivity index (χ0) is 13.8. The molecule has 0 aliphatic heterocycles. The highest BCUT2D eigenvalue weighted by Crippen LogP contribution is 2.20. The highest BCUT2D eigenvalue weighted by atomic mass is 35.5. The highest BCUT2D eigenvalue weighted by molar-refractivity contribution is 6.18. The number of nitrogens with zero attached hydrogens (tertiary/aromatic N) is 1. The first-order valence-corrected chi connectivity index (χ1v) is 5.83. The van der Waals surface area contributed by atoms with E-state index in [0.717, 1.165) is 12.6 Å². The standard InChI is InChI=1S/C12H13ClF3NO/c1-17(11(18)12(14,15)16)10(8-13)7-9-5-3-2-4-6-9/h2-6,10H,7-8H2,1H3. The summed E-state index contributed by atoms with van der Waals surface area (Å²) in [7, 11) is 1.12. The lowest BCUT2D eigenvalue weighted by Crippen LogP contribution is -2.46. The topological polar surface area (TPSA) is 20.3 Å². The van der Waals surface area contributed by atoms with Gasteiger partial charge in [-0.3, -0.25) is 4.79 Å². The number of hydrogen-bond acceptors (Lipinski definition) is 1. The lowest BCUT2D eigenvalue weighted by molar-refractivity contribution is -0.185. The maximum atomic E-state index is 12.3. The van der Waals surface area contributed by atoms with E-state index in [0.29, 0.717) is 11.3 Å².